The summed E-state index contributed by atoms with van der Waals surface area (Å²) in [6.07, 6.45) is 2.04. The molecule has 2 N–H and O–H groups in total. The average molecular weight is 526 g/mol. The molecule has 1 heterocycles. The van der Waals surface area contributed by atoms with Crippen molar-refractivity contribution in [2.75, 3.05) is 18.5 Å². The molecule has 0 saturated heterocycles. The Hall–Kier alpha value is -3.99. The van der Waals surface area contributed by atoms with Crippen molar-refractivity contribution in [2.45, 2.75) is 37.2 Å². The fraction of sp³-hybridized carbons (Fsp3) is 0.269. The molecule has 3 aromatic rings. The number of allylic oxidation sites excluding steroid dienone is 1. The second-order valence-electron chi connectivity index (χ2n) is 7.83. The van der Waals surface area contributed by atoms with E-state index in [9.17, 15) is 18.8 Å². The van der Waals surface area contributed by atoms with Crippen LogP contribution in [0.25, 0.3) is 0 Å². The van der Waals surface area contributed by atoms with Crippen molar-refractivity contribution in [1.29, 1.82) is 0 Å². The number of aromatic nitrogens is 3. The first-order chi connectivity index (χ1) is 17.8. The summed E-state index contributed by atoms with van der Waals surface area (Å²) < 4.78 is 20.6. The summed E-state index contributed by atoms with van der Waals surface area (Å²) in [6, 6.07) is 12.2. The van der Waals surface area contributed by atoms with E-state index in [0.29, 0.717) is 35.2 Å². The normalized spacial score (nSPS) is 11.4. The van der Waals surface area contributed by atoms with Gasteiger partial charge in [0.25, 0.3) is 5.91 Å². The summed E-state index contributed by atoms with van der Waals surface area (Å²) in [6.45, 7) is 8.17. The smallest absolute Gasteiger partial charge is 0.338 e. The molecule has 194 valence electrons. The molecule has 0 radical (unpaired) electrons. The molecule has 2 aromatic carbocycles. The van der Waals surface area contributed by atoms with Crippen LogP contribution in [0.1, 0.15) is 40.4 Å². The summed E-state index contributed by atoms with van der Waals surface area (Å²) in [5.41, 5.74) is 0.920. The van der Waals surface area contributed by atoms with Crippen LogP contribution in [0, 0.1) is 5.82 Å². The number of esters is 1. The first-order valence-electron chi connectivity index (χ1n) is 11.6. The standard InChI is InChI=1S/C26H28FN5O4S/c1-4-16-32-22(14-15-28-24(34)20-8-6-7-9-21(20)27)30-31-26(32)37-17(3)23(33)29-19-12-10-18(11-13-19)25(35)36-5-2/h4,6-13,17H,1,5,14-16H2,2-3H3,(H,28,34)(H,29,33). The highest BCUT2D eigenvalue weighted by Gasteiger charge is 2.20. The van der Waals surface area contributed by atoms with Gasteiger partial charge in [-0.1, -0.05) is 30.0 Å². The van der Waals surface area contributed by atoms with Crippen LogP contribution in [0.5, 0.6) is 0 Å². The lowest BCUT2D eigenvalue weighted by atomic mass is 10.2. The van der Waals surface area contributed by atoms with E-state index < -0.39 is 22.9 Å². The molecule has 1 atom stereocenters. The number of hydrogen-bond donors (Lipinski definition) is 2. The zero-order valence-electron chi connectivity index (χ0n) is 20.6. The topological polar surface area (TPSA) is 115 Å². The van der Waals surface area contributed by atoms with E-state index in [2.05, 4.69) is 27.4 Å². The van der Waals surface area contributed by atoms with Gasteiger partial charge in [0, 0.05) is 25.2 Å². The number of halogens is 1. The van der Waals surface area contributed by atoms with Crippen LogP contribution in [0.3, 0.4) is 0 Å². The van der Waals surface area contributed by atoms with Gasteiger partial charge in [0.1, 0.15) is 11.6 Å². The number of rotatable bonds is 12. The lowest BCUT2D eigenvalue weighted by Crippen LogP contribution is -2.27. The third kappa shape index (κ3) is 7.50. The van der Waals surface area contributed by atoms with E-state index in [1.807, 2.05) is 4.57 Å². The second kappa shape index (κ2) is 13.4. The van der Waals surface area contributed by atoms with Crippen LogP contribution in [0.2, 0.25) is 0 Å². The van der Waals surface area contributed by atoms with Crippen molar-refractivity contribution in [3.05, 3.63) is 84.0 Å². The minimum atomic E-state index is -0.587. The number of nitrogens with zero attached hydrogens (tertiary/aromatic N) is 3. The Morgan fingerprint density at radius 3 is 2.57 bits per heavy atom. The Morgan fingerprint density at radius 2 is 1.89 bits per heavy atom. The maximum atomic E-state index is 13.8. The largest absolute Gasteiger partial charge is 0.462 e. The van der Waals surface area contributed by atoms with Gasteiger partial charge in [-0.15, -0.1) is 16.8 Å². The Labute approximate surface area is 218 Å². The molecule has 37 heavy (non-hydrogen) atoms. The lowest BCUT2D eigenvalue weighted by Gasteiger charge is -2.13. The van der Waals surface area contributed by atoms with Crippen LogP contribution in [0.15, 0.2) is 66.3 Å². The zero-order valence-corrected chi connectivity index (χ0v) is 21.4. The third-order valence-corrected chi connectivity index (χ3v) is 6.25. The monoisotopic (exact) mass is 525 g/mol. The molecule has 1 unspecified atom stereocenters. The van der Waals surface area contributed by atoms with Crippen LogP contribution < -0.4 is 10.6 Å². The SMILES string of the molecule is C=CCn1c(CCNC(=O)c2ccccc2F)nnc1SC(C)C(=O)Nc1ccc(C(=O)OCC)cc1. The fourth-order valence-corrected chi connectivity index (χ4v) is 4.17. The number of anilines is 1. The van der Waals surface area contributed by atoms with Crippen molar-refractivity contribution >= 4 is 35.2 Å². The maximum Gasteiger partial charge on any atom is 0.338 e. The lowest BCUT2D eigenvalue weighted by molar-refractivity contribution is -0.115. The van der Waals surface area contributed by atoms with Crippen LogP contribution in [0.4, 0.5) is 10.1 Å². The molecule has 0 spiro atoms. The van der Waals surface area contributed by atoms with E-state index in [0.717, 1.165) is 0 Å². The van der Waals surface area contributed by atoms with E-state index in [-0.39, 0.29) is 24.6 Å². The van der Waals surface area contributed by atoms with Crippen LogP contribution in [-0.4, -0.2) is 50.9 Å². The highest BCUT2D eigenvalue weighted by atomic mass is 32.2. The van der Waals surface area contributed by atoms with Gasteiger partial charge in [0.05, 0.1) is 23.0 Å². The summed E-state index contributed by atoms with van der Waals surface area (Å²) in [4.78, 5) is 36.8. The highest BCUT2D eigenvalue weighted by molar-refractivity contribution is 8.00. The molecule has 1 aromatic heterocycles. The molecule has 2 amide bonds. The number of carbonyl (C=O) groups excluding carboxylic acids is 3. The predicted octanol–water partition coefficient (Wildman–Crippen LogP) is 3.87. The first-order valence-corrected chi connectivity index (χ1v) is 12.5. The number of amides is 2. The van der Waals surface area contributed by atoms with Gasteiger partial charge in [0.15, 0.2) is 5.16 Å². The first kappa shape index (κ1) is 27.6. The summed E-state index contributed by atoms with van der Waals surface area (Å²) in [5, 5.41) is 13.9. The molecule has 0 bridgehead atoms. The van der Waals surface area contributed by atoms with Crippen LogP contribution in [-0.2, 0) is 22.5 Å². The van der Waals surface area contributed by atoms with Crippen molar-refractivity contribution in [3.63, 3.8) is 0 Å². The molecule has 11 heteroatoms. The number of ether oxygens (including phenoxy) is 1. The van der Waals surface area contributed by atoms with Gasteiger partial charge in [0.2, 0.25) is 5.91 Å². The molecular weight excluding hydrogens is 497 g/mol. The van der Waals surface area contributed by atoms with Crippen LogP contribution >= 0.6 is 11.8 Å². The Bertz CT molecular complexity index is 1260. The van der Waals surface area contributed by atoms with Crippen molar-refractivity contribution in [1.82, 2.24) is 20.1 Å². The number of hydrogen-bond acceptors (Lipinski definition) is 7. The molecule has 0 aliphatic rings. The average Bonchev–Trinajstić information content (AvgIpc) is 3.25. The molecular formula is C26H28FN5O4S. The predicted molar refractivity (Wildman–Crippen MR) is 139 cm³/mol. The van der Waals surface area contributed by atoms with Gasteiger partial charge < -0.3 is 19.9 Å². The van der Waals surface area contributed by atoms with Gasteiger partial charge in [-0.2, -0.15) is 0 Å². The fourth-order valence-electron chi connectivity index (χ4n) is 3.29. The maximum absolute atomic E-state index is 13.8. The molecule has 9 nitrogen and oxygen atoms in total. The molecule has 0 aliphatic heterocycles. The van der Waals surface area contributed by atoms with E-state index >= 15 is 0 Å². The third-order valence-electron chi connectivity index (χ3n) is 5.17. The van der Waals surface area contributed by atoms with Gasteiger partial charge in [-0.3, -0.25) is 9.59 Å². The quantitative estimate of drug-likeness (QED) is 0.210. The Morgan fingerprint density at radius 1 is 1.16 bits per heavy atom. The number of thioether (sulfide) groups is 1. The molecule has 3 rings (SSSR count). The molecule has 0 fully saturated rings. The van der Waals surface area contributed by atoms with Crippen molar-refractivity contribution in [2.24, 2.45) is 0 Å². The highest BCUT2D eigenvalue weighted by Crippen LogP contribution is 2.24. The van der Waals surface area contributed by atoms with Crippen molar-refractivity contribution < 1.29 is 23.5 Å². The molecule has 0 aliphatic carbocycles. The summed E-state index contributed by atoms with van der Waals surface area (Å²) in [5.74, 6) is -1.17. The Balaban J connectivity index is 1.58. The minimum Gasteiger partial charge on any atom is -0.462 e. The summed E-state index contributed by atoms with van der Waals surface area (Å²) >= 11 is 1.23. The minimum absolute atomic E-state index is 0.0262. The number of nitrogens with one attached hydrogen (secondary N) is 2. The number of carbonyl (C=O) groups is 3. The zero-order chi connectivity index (χ0) is 26.8. The number of benzene rings is 2. The van der Waals surface area contributed by atoms with Gasteiger partial charge in [-0.25, -0.2) is 9.18 Å². The Kier molecular flexibility index (Phi) is 9.96. The van der Waals surface area contributed by atoms with Crippen molar-refractivity contribution in [3.8, 4) is 0 Å². The van der Waals surface area contributed by atoms with E-state index in [1.165, 1.54) is 30.0 Å². The van der Waals surface area contributed by atoms with Gasteiger partial charge >= 0.3 is 5.97 Å². The van der Waals surface area contributed by atoms with Gasteiger partial charge in [-0.05, 0) is 50.2 Å². The second-order valence-corrected chi connectivity index (χ2v) is 9.14. The summed E-state index contributed by atoms with van der Waals surface area (Å²) in [7, 11) is 0. The molecule has 0 saturated carbocycles. The van der Waals surface area contributed by atoms with E-state index in [1.54, 1.807) is 50.3 Å². The van der Waals surface area contributed by atoms with E-state index in [4.69, 9.17) is 4.74 Å².